The lowest BCUT2D eigenvalue weighted by Crippen LogP contribution is -2.36. The second-order valence-corrected chi connectivity index (χ2v) is 3.69. The highest BCUT2D eigenvalue weighted by Gasteiger charge is 1.99. The molecule has 0 unspecified atom stereocenters. The maximum atomic E-state index is 11.2. The van der Waals surface area contributed by atoms with Gasteiger partial charge < -0.3 is 15.7 Å². The average Bonchev–Trinajstić information content (AvgIpc) is 2.29. The van der Waals surface area contributed by atoms with E-state index >= 15 is 0 Å². The number of carboxylic acids is 1. The number of carboxylic acid groups (broad SMARTS) is 1. The van der Waals surface area contributed by atoms with E-state index in [1.165, 1.54) is 0 Å². The van der Waals surface area contributed by atoms with Crippen LogP contribution < -0.4 is 10.6 Å². The highest BCUT2D eigenvalue weighted by molar-refractivity contribution is 5.73. The van der Waals surface area contributed by atoms with Crippen molar-refractivity contribution >= 4 is 12.0 Å². The molecule has 0 spiro atoms. The Labute approximate surface area is 102 Å². The molecule has 0 bridgehead atoms. The zero-order chi connectivity index (χ0) is 12.9. The van der Waals surface area contributed by atoms with E-state index in [-0.39, 0.29) is 12.5 Å². The molecule has 3 N–H and O–H groups in total. The molecule has 0 aromatic carbocycles. The molecule has 0 radical (unpaired) electrons. The van der Waals surface area contributed by atoms with Crippen LogP contribution in [0.1, 0.15) is 38.5 Å². The van der Waals surface area contributed by atoms with Gasteiger partial charge in [0, 0.05) is 25.9 Å². The normalized spacial score (nSPS) is 9.35. The Balaban J connectivity index is 3.22. The third kappa shape index (κ3) is 12.2. The van der Waals surface area contributed by atoms with Crippen molar-refractivity contribution in [1.29, 1.82) is 0 Å². The lowest BCUT2D eigenvalue weighted by Gasteiger charge is -2.06. The number of carbonyl (C=O) groups is 2. The highest BCUT2D eigenvalue weighted by Crippen LogP contribution is 1.98. The Morgan fingerprint density at radius 3 is 2.29 bits per heavy atom. The van der Waals surface area contributed by atoms with Crippen LogP contribution in [0.25, 0.3) is 0 Å². The number of hydrogen-bond acceptors (Lipinski definition) is 2. The predicted octanol–water partition coefficient (Wildman–Crippen LogP) is 1.34. The van der Waals surface area contributed by atoms with Gasteiger partial charge in [0.1, 0.15) is 0 Å². The summed E-state index contributed by atoms with van der Waals surface area (Å²) in [5.41, 5.74) is 0. The summed E-state index contributed by atoms with van der Waals surface area (Å²) in [6, 6.07) is -0.194. The maximum absolute atomic E-state index is 11.2. The van der Waals surface area contributed by atoms with Crippen LogP contribution in [0.5, 0.6) is 0 Å². The molecule has 5 heteroatoms. The molecule has 0 atom stereocenters. The van der Waals surface area contributed by atoms with Crippen LogP contribution in [0.2, 0.25) is 0 Å². The largest absolute Gasteiger partial charge is 0.481 e. The minimum atomic E-state index is -0.774. The Bertz CT molecular complexity index is 271. The summed E-state index contributed by atoms with van der Waals surface area (Å²) in [6.45, 7) is 1.15. The molecule has 0 saturated carbocycles. The first kappa shape index (κ1) is 15.3. The minimum Gasteiger partial charge on any atom is -0.481 e. The van der Waals surface area contributed by atoms with Gasteiger partial charge in [-0.15, -0.1) is 12.3 Å². The van der Waals surface area contributed by atoms with Crippen molar-refractivity contribution in [2.24, 2.45) is 0 Å². The highest BCUT2D eigenvalue weighted by atomic mass is 16.4. The average molecular weight is 240 g/mol. The second-order valence-electron chi connectivity index (χ2n) is 3.69. The molecular weight excluding hydrogens is 220 g/mol. The van der Waals surface area contributed by atoms with Gasteiger partial charge in [-0.25, -0.2) is 4.79 Å². The Morgan fingerprint density at radius 2 is 1.71 bits per heavy atom. The third-order valence-corrected chi connectivity index (χ3v) is 2.14. The first-order valence-corrected chi connectivity index (χ1v) is 5.83. The molecule has 0 aromatic rings. The molecule has 2 amide bonds. The maximum Gasteiger partial charge on any atom is 0.314 e. The summed E-state index contributed by atoms with van der Waals surface area (Å²) in [6.07, 6.45) is 8.97. The lowest BCUT2D eigenvalue weighted by atomic mass is 10.2. The van der Waals surface area contributed by atoms with Crippen LogP contribution in [0.3, 0.4) is 0 Å². The van der Waals surface area contributed by atoms with Crippen LogP contribution in [0.15, 0.2) is 0 Å². The van der Waals surface area contributed by atoms with Crippen molar-refractivity contribution in [2.45, 2.75) is 38.5 Å². The quantitative estimate of drug-likeness (QED) is 0.420. The molecule has 0 heterocycles. The van der Waals surface area contributed by atoms with E-state index in [0.717, 1.165) is 19.3 Å². The van der Waals surface area contributed by atoms with E-state index in [1.54, 1.807) is 0 Å². The smallest absolute Gasteiger partial charge is 0.314 e. The van der Waals surface area contributed by atoms with E-state index in [1.807, 2.05) is 0 Å². The van der Waals surface area contributed by atoms with Crippen LogP contribution in [-0.2, 0) is 4.79 Å². The second kappa shape index (κ2) is 10.8. The first-order chi connectivity index (χ1) is 8.16. The number of urea groups is 1. The van der Waals surface area contributed by atoms with Crippen molar-refractivity contribution in [3.05, 3.63) is 0 Å². The summed E-state index contributed by atoms with van der Waals surface area (Å²) >= 11 is 0. The molecule has 5 nitrogen and oxygen atoms in total. The van der Waals surface area contributed by atoms with Crippen molar-refractivity contribution < 1.29 is 14.7 Å². The number of unbranched alkanes of at least 4 members (excludes halogenated alkanes) is 3. The monoisotopic (exact) mass is 240 g/mol. The van der Waals surface area contributed by atoms with Crippen LogP contribution >= 0.6 is 0 Å². The zero-order valence-corrected chi connectivity index (χ0v) is 10.00. The number of nitrogens with one attached hydrogen (secondary N) is 2. The number of amides is 2. The van der Waals surface area contributed by atoms with Crippen LogP contribution in [-0.4, -0.2) is 30.2 Å². The third-order valence-electron chi connectivity index (χ3n) is 2.14. The Morgan fingerprint density at radius 1 is 1.06 bits per heavy atom. The van der Waals surface area contributed by atoms with Gasteiger partial charge in [0.25, 0.3) is 0 Å². The number of terminal acetylenes is 1. The molecule has 0 aliphatic rings. The molecule has 0 aliphatic carbocycles. The van der Waals surface area contributed by atoms with Gasteiger partial charge in [-0.2, -0.15) is 0 Å². The fourth-order valence-corrected chi connectivity index (χ4v) is 1.23. The summed E-state index contributed by atoms with van der Waals surface area (Å²) < 4.78 is 0. The van der Waals surface area contributed by atoms with Gasteiger partial charge in [0.2, 0.25) is 0 Å². The van der Waals surface area contributed by atoms with Crippen molar-refractivity contribution in [3.63, 3.8) is 0 Å². The van der Waals surface area contributed by atoms with Crippen molar-refractivity contribution in [3.8, 4) is 12.3 Å². The SMILES string of the molecule is C#CCCCNC(=O)NCCCCCC(=O)O. The van der Waals surface area contributed by atoms with E-state index < -0.39 is 5.97 Å². The van der Waals surface area contributed by atoms with Crippen LogP contribution in [0.4, 0.5) is 4.79 Å². The van der Waals surface area contributed by atoms with Crippen LogP contribution in [0, 0.1) is 12.3 Å². The van der Waals surface area contributed by atoms with Gasteiger partial charge in [-0.3, -0.25) is 4.79 Å². The zero-order valence-electron chi connectivity index (χ0n) is 10.00. The summed E-state index contributed by atoms with van der Waals surface area (Å²) in [5.74, 6) is 1.72. The summed E-state index contributed by atoms with van der Waals surface area (Å²) in [4.78, 5) is 21.4. The number of aliphatic carboxylic acids is 1. The standard InChI is InChI=1S/C12H20N2O3/c1-2-3-6-9-13-12(17)14-10-7-4-5-8-11(15)16/h1H,3-10H2,(H,15,16)(H2,13,14,17). The minimum absolute atomic E-state index is 0.193. The fraction of sp³-hybridized carbons (Fsp3) is 0.667. The fourth-order valence-electron chi connectivity index (χ4n) is 1.23. The predicted molar refractivity (Wildman–Crippen MR) is 65.6 cm³/mol. The van der Waals surface area contributed by atoms with E-state index in [2.05, 4.69) is 16.6 Å². The lowest BCUT2D eigenvalue weighted by molar-refractivity contribution is -0.137. The van der Waals surface area contributed by atoms with Gasteiger partial charge in [-0.05, 0) is 19.3 Å². The molecule has 0 rings (SSSR count). The van der Waals surface area contributed by atoms with E-state index in [4.69, 9.17) is 11.5 Å². The van der Waals surface area contributed by atoms with Crippen molar-refractivity contribution in [1.82, 2.24) is 10.6 Å². The molecule has 96 valence electrons. The Kier molecular flexibility index (Phi) is 9.73. The van der Waals surface area contributed by atoms with E-state index in [0.29, 0.717) is 25.9 Å². The van der Waals surface area contributed by atoms with E-state index in [9.17, 15) is 9.59 Å². The molecule has 17 heavy (non-hydrogen) atoms. The molecule has 0 aliphatic heterocycles. The molecule has 0 aromatic heterocycles. The number of hydrogen-bond donors (Lipinski definition) is 3. The number of rotatable bonds is 9. The number of carbonyl (C=O) groups excluding carboxylic acids is 1. The summed E-state index contributed by atoms with van der Waals surface area (Å²) in [7, 11) is 0. The topological polar surface area (TPSA) is 78.4 Å². The molecule has 0 saturated heterocycles. The first-order valence-electron chi connectivity index (χ1n) is 5.83. The van der Waals surface area contributed by atoms with Gasteiger partial charge in [0.05, 0.1) is 0 Å². The van der Waals surface area contributed by atoms with Crippen molar-refractivity contribution in [2.75, 3.05) is 13.1 Å². The van der Waals surface area contributed by atoms with Gasteiger partial charge in [-0.1, -0.05) is 6.42 Å². The van der Waals surface area contributed by atoms with Gasteiger partial charge in [0.15, 0.2) is 0 Å². The Hall–Kier alpha value is -1.70. The molecular formula is C12H20N2O3. The summed E-state index contributed by atoms with van der Waals surface area (Å²) in [5, 5.41) is 13.8. The van der Waals surface area contributed by atoms with Gasteiger partial charge >= 0.3 is 12.0 Å². The molecule has 0 fully saturated rings.